The minimum absolute atomic E-state index is 0.330. The van der Waals surface area contributed by atoms with Crippen molar-refractivity contribution in [1.29, 1.82) is 0 Å². The highest BCUT2D eigenvalue weighted by Gasteiger charge is 2.44. The first-order chi connectivity index (χ1) is 17.4. The molecule has 0 radical (unpaired) electrons. The van der Waals surface area contributed by atoms with E-state index in [1.807, 2.05) is 6.08 Å². The molecule has 0 amide bonds. The normalized spacial score (nSPS) is 25.6. The molecule has 1 aliphatic rings. The molecule has 0 aromatic carbocycles. The smallest absolute Gasteiger partial charge is 0.330 e. The number of aliphatic hydroxyl groups is 5. The Hall–Kier alpha value is -1.33. The molecule has 0 aromatic rings. The number of carbonyl (C=O) groups excluding carboxylic acids is 1. The summed E-state index contributed by atoms with van der Waals surface area (Å²) >= 11 is 0. The summed E-state index contributed by atoms with van der Waals surface area (Å²) in [6.45, 7) is 0.986. The van der Waals surface area contributed by atoms with Crippen LogP contribution in [-0.4, -0.2) is 88.1 Å². The molecule has 0 saturated carbocycles. The van der Waals surface area contributed by atoms with Gasteiger partial charge in [0, 0.05) is 6.08 Å². The number of esters is 1. The van der Waals surface area contributed by atoms with Crippen LogP contribution >= 0.6 is 0 Å². The maximum Gasteiger partial charge on any atom is 0.330 e. The second-order valence-electron chi connectivity index (χ2n) is 9.43. The molecule has 0 bridgehead atoms. The standard InChI is InChI=1S/C27H48O9/c1-2-3-4-5-6-7-8-9-10-11-12-13-14-15-16-17-23(30)34-19-21(29)20-35-27-26(33)25(32)24(31)22(18-28)36-27/h14-17,21-22,24-29,31-33H,2-13,18-20H2,1H3/t21?,22-,24+,25+,26-,27-/m1/s1. The molecule has 36 heavy (non-hydrogen) atoms. The average Bonchev–Trinajstić information content (AvgIpc) is 2.88. The van der Waals surface area contributed by atoms with E-state index in [-0.39, 0.29) is 13.2 Å². The molecule has 6 atom stereocenters. The van der Waals surface area contributed by atoms with Crippen molar-refractivity contribution in [3.8, 4) is 0 Å². The molecule has 5 N–H and O–H groups in total. The second kappa shape index (κ2) is 20.7. The van der Waals surface area contributed by atoms with Crippen LogP contribution in [0.1, 0.15) is 84.0 Å². The first-order valence-corrected chi connectivity index (χ1v) is 13.5. The monoisotopic (exact) mass is 516 g/mol. The molecule has 1 unspecified atom stereocenters. The highest BCUT2D eigenvalue weighted by molar-refractivity contribution is 5.82. The van der Waals surface area contributed by atoms with Gasteiger partial charge in [-0.05, 0) is 12.8 Å². The highest BCUT2D eigenvalue weighted by Crippen LogP contribution is 2.22. The lowest BCUT2D eigenvalue weighted by molar-refractivity contribution is -0.304. The van der Waals surface area contributed by atoms with Gasteiger partial charge in [-0.1, -0.05) is 89.4 Å². The number of rotatable bonds is 20. The Balaban J connectivity index is 2.05. The second-order valence-corrected chi connectivity index (χ2v) is 9.43. The van der Waals surface area contributed by atoms with Gasteiger partial charge in [0.1, 0.15) is 37.1 Å². The number of hydrogen-bond donors (Lipinski definition) is 5. The molecule has 0 aliphatic carbocycles. The van der Waals surface area contributed by atoms with Gasteiger partial charge in [0.2, 0.25) is 0 Å². The fourth-order valence-corrected chi connectivity index (χ4v) is 3.92. The zero-order valence-electron chi connectivity index (χ0n) is 21.7. The topological polar surface area (TPSA) is 146 Å². The molecule has 0 aromatic heterocycles. The van der Waals surface area contributed by atoms with E-state index in [1.54, 1.807) is 12.2 Å². The van der Waals surface area contributed by atoms with Crippen molar-refractivity contribution < 1.29 is 44.5 Å². The maximum absolute atomic E-state index is 11.8. The van der Waals surface area contributed by atoms with Crippen molar-refractivity contribution in [3.63, 3.8) is 0 Å². The van der Waals surface area contributed by atoms with E-state index in [4.69, 9.17) is 19.3 Å². The minimum Gasteiger partial charge on any atom is -0.460 e. The lowest BCUT2D eigenvalue weighted by Gasteiger charge is -2.39. The molecule has 1 heterocycles. The molecule has 1 aliphatic heterocycles. The van der Waals surface area contributed by atoms with Gasteiger partial charge in [-0.2, -0.15) is 0 Å². The molecule has 9 heteroatoms. The van der Waals surface area contributed by atoms with Gasteiger partial charge in [0.15, 0.2) is 6.29 Å². The van der Waals surface area contributed by atoms with E-state index in [2.05, 4.69) is 6.92 Å². The molecular formula is C27H48O9. The number of ether oxygens (including phenoxy) is 3. The van der Waals surface area contributed by atoms with E-state index < -0.39 is 49.4 Å². The molecular weight excluding hydrogens is 468 g/mol. The molecule has 210 valence electrons. The third-order valence-corrected chi connectivity index (χ3v) is 6.17. The number of hydrogen-bond acceptors (Lipinski definition) is 9. The van der Waals surface area contributed by atoms with Crippen LogP contribution in [0.25, 0.3) is 0 Å². The van der Waals surface area contributed by atoms with Crippen LogP contribution in [0.4, 0.5) is 0 Å². The number of carbonyl (C=O) groups is 1. The summed E-state index contributed by atoms with van der Waals surface area (Å²) in [7, 11) is 0. The van der Waals surface area contributed by atoms with Crippen molar-refractivity contribution in [1.82, 2.24) is 0 Å². The summed E-state index contributed by atoms with van der Waals surface area (Å²) in [6.07, 6.45) is 13.8. The quantitative estimate of drug-likeness (QED) is 0.0713. The lowest BCUT2D eigenvalue weighted by atomic mass is 9.99. The van der Waals surface area contributed by atoms with Crippen LogP contribution in [-0.2, 0) is 19.0 Å². The Bertz CT molecular complexity index is 608. The Labute approximate surface area is 215 Å². The summed E-state index contributed by atoms with van der Waals surface area (Å²) in [4.78, 5) is 11.8. The first-order valence-electron chi connectivity index (χ1n) is 13.5. The molecule has 9 nitrogen and oxygen atoms in total. The van der Waals surface area contributed by atoms with Gasteiger partial charge >= 0.3 is 5.97 Å². The van der Waals surface area contributed by atoms with Gasteiger partial charge in [0.05, 0.1) is 13.2 Å². The van der Waals surface area contributed by atoms with Crippen LogP contribution in [0.5, 0.6) is 0 Å². The van der Waals surface area contributed by atoms with Gasteiger partial charge in [-0.25, -0.2) is 4.79 Å². The summed E-state index contributed by atoms with van der Waals surface area (Å²) in [5.74, 6) is -0.610. The summed E-state index contributed by atoms with van der Waals surface area (Å²) in [5.41, 5.74) is 0. The largest absolute Gasteiger partial charge is 0.460 e. The maximum atomic E-state index is 11.8. The van der Waals surface area contributed by atoms with Gasteiger partial charge < -0.3 is 39.7 Å². The predicted molar refractivity (Wildman–Crippen MR) is 136 cm³/mol. The Morgan fingerprint density at radius 1 is 0.861 bits per heavy atom. The summed E-state index contributed by atoms with van der Waals surface area (Å²) in [6, 6.07) is 0. The van der Waals surface area contributed by atoms with Crippen LogP contribution < -0.4 is 0 Å². The van der Waals surface area contributed by atoms with Crippen LogP contribution in [0.2, 0.25) is 0 Å². The summed E-state index contributed by atoms with van der Waals surface area (Å²) < 4.78 is 15.3. The number of allylic oxidation sites excluding steroid dienone is 3. The van der Waals surface area contributed by atoms with E-state index in [1.165, 1.54) is 70.3 Å². The van der Waals surface area contributed by atoms with E-state index >= 15 is 0 Å². The van der Waals surface area contributed by atoms with Gasteiger partial charge in [-0.3, -0.25) is 0 Å². The van der Waals surface area contributed by atoms with E-state index in [0.29, 0.717) is 0 Å². The molecule has 1 saturated heterocycles. The summed E-state index contributed by atoms with van der Waals surface area (Å²) in [5, 5.41) is 48.4. The Morgan fingerprint density at radius 2 is 1.47 bits per heavy atom. The van der Waals surface area contributed by atoms with Crippen molar-refractivity contribution in [2.24, 2.45) is 0 Å². The number of aliphatic hydroxyl groups excluding tert-OH is 5. The van der Waals surface area contributed by atoms with Crippen molar-refractivity contribution in [2.45, 2.75) is 121 Å². The van der Waals surface area contributed by atoms with Crippen LogP contribution in [0.15, 0.2) is 24.3 Å². The highest BCUT2D eigenvalue weighted by atomic mass is 16.7. The van der Waals surface area contributed by atoms with Crippen LogP contribution in [0, 0.1) is 0 Å². The molecule has 1 rings (SSSR count). The molecule has 1 fully saturated rings. The minimum atomic E-state index is -1.57. The Morgan fingerprint density at radius 3 is 2.08 bits per heavy atom. The average molecular weight is 517 g/mol. The zero-order chi connectivity index (χ0) is 26.6. The Kier molecular flexibility index (Phi) is 18.8. The van der Waals surface area contributed by atoms with Crippen LogP contribution in [0.3, 0.4) is 0 Å². The fraction of sp³-hybridized carbons (Fsp3) is 0.815. The molecule has 0 spiro atoms. The fourth-order valence-electron chi connectivity index (χ4n) is 3.92. The SMILES string of the molecule is CCCCCCCCCCCCCC=CC=CC(=O)OCC(O)CO[C@@H]1O[C@H](CO)[C@H](O)[C@H](O)[C@H]1O. The lowest BCUT2D eigenvalue weighted by Crippen LogP contribution is -2.59. The number of unbranched alkanes of at least 4 members (excludes halogenated alkanes) is 11. The third kappa shape index (κ3) is 14.4. The van der Waals surface area contributed by atoms with E-state index in [0.717, 1.165) is 12.8 Å². The predicted octanol–water partition coefficient (Wildman–Crippen LogP) is 2.52. The van der Waals surface area contributed by atoms with Gasteiger partial charge in [0.25, 0.3) is 0 Å². The van der Waals surface area contributed by atoms with Gasteiger partial charge in [-0.15, -0.1) is 0 Å². The van der Waals surface area contributed by atoms with E-state index in [9.17, 15) is 25.2 Å². The third-order valence-electron chi connectivity index (χ3n) is 6.17. The van der Waals surface area contributed by atoms with Crippen molar-refractivity contribution in [3.05, 3.63) is 24.3 Å². The zero-order valence-corrected chi connectivity index (χ0v) is 21.7. The van der Waals surface area contributed by atoms with Crippen molar-refractivity contribution in [2.75, 3.05) is 19.8 Å². The van der Waals surface area contributed by atoms with Crippen molar-refractivity contribution >= 4 is 5.97 Å². The first kappa shape index (κ1) is 32.7.